The second-order valence-corrected chi connectivity index (χ2v) is 3.17. The summed E-state index contributed by atoms with van der Waals surface area (Å²) in [5.41, 5.74) is 11.5. The Balaban J connectivity index is 2.25. The van der Waals surface area contributed by atoms with Crippen LogP contribution < -0.4 is 22.1 Å². The van der Waals surface area contributed by atoms with Crippen LogP contribution >= 0.6 is 0 Å². The van der Waals surface area contributed by atoms with Crippen LogP contribution in [0.2, 0.25) is 0 Å². The lowest BCUT2D eigenvalue weighted by molar-refractivity contribution is 0.157. The van der Waals surface area contributed by atoms with E-state index in [0.29, 0.717) is 11.4 Å². The van der Waals surface area contributed by atoms with Crippen molar-refractivity contribution in [3.05, 3.63) is 24.3 Å². The molecule has 17 heavy (non-hydrogen) atoms. The van der Waals surface area contributed by atoms with E-state index in [1.807, 2.05) is 0 Å². The van der Waals surface area contributed by atoms with Gasteiger partial charge in [0.05, 0.1) is 6.54 Å². The van der Waals surface area contributed by atoms with Crippen LogP contribution in [0, 0.1) is 0 Å². The van der Waals surface area contributed by atoms with E-state index in [1.165, 1.54) is 0 Å². The van der Waals surface area contributed by atoms with Crippen molar-refractivity contribution in [2.75, 3.05) is 24.2 Å². The fourth-order valence-electron chi connectivity index (χ4n) is 1.06. The molecule has 1 aromatic carbocycles. The van der Waals surface area contributed by atoms with Crippen molar-refractivity contribution in [1.82, 2.24) is 5.32 Å². The van der Waals surface area contributed by atoms with Crippen molar-refractivity contribution in [1.29, 1.82) is 0 Å². The zero-order valence-corrected chi connectivity index (χ0v) is 9.10. The van der Waals surface area contributed by atoms with Crippen LogP contribution in [0.3, 0.4) is 0 Å². The third-order valence-corrected chi connectivity index (χ3v) is 1.80. The first-order valence-electron chi connectivity index (χ1n) is 4.90. The molecule has 0 spiro atoms. The zero-order chi connectivity index (χ0) is 12.7. The largest absolute Gasteiger partial charge is 0.448 e. The first-order valence-corrected chi connectivity index (χ1v) is 4.90. The summed E-state index contributed by atoms with van der Waals surface area (Å²) in [4.78, 5) is 21.5. The molecule has 0 aliphatic rings. The molecule has 0 heterocycles. The molecular weight excluding hydrogens is 224 g/mol. The van der Waals surface area contributed by atoms with Gasteiger partial charge in [-0.2, -0.15) is 0 Å². The summed E-state index contributed by atoms with van der Waals surface area (Å²) in [6.45, 7) is 0.217. The van der Waals surface area contributed by atoms with Gasteiger partial charge < -0.3 is 26.8 Å². The van der Waals surface area contributed by atoms with Gasteiger partial charge in [-0.1, -0.05) is 0 Å². The molecule has 92 valence electrons. The second kappa shape index (κ2) is 6.21. The van der Waals surface area contributed by atoms with Gasteiger partial charge in [0.2, 0.25) is 0 Å². The number of primary amides is 1. The quantitative estimate of drug-likeness (QED) is 0.450. The number of rotatable bonds is 4. The molecule has 0 saturated heterocycles. The molecule has 7 heteroatoms. The molecule has 0 aliphatic carbocycles. The maximum Gasteiger partial charge on any atom is 0.404 e. The van der Waals surface area contributed by atoms with Gasteiger partial charge in [-0.3, -0.25) is 0 Å². The molecule has 6 N–H and O–H groups in total. The van der Waals surface area contributed by atoms with Crippen LogP contribution in [0.15, 0.2) is 24.3 Å². The van der Waals surface area contributed by atoms with E-state index in [2.05, 4.69) is 15.4 Å². The summed E-state index contributed by atoms with van der Waals surface area (Å²) >= 11 is 0. The van der Waals surface area contributed by atoms with E-state index in [4.69, 9.17) is 11.5 Å². The lowest BCUT2D eigenvalue weighted by Crippen LogP contribution is -2.32. The van der Waals surface area contributed by atoms with E-state index in [-0.39, 0.29) is 13.2 Å². The molecule has 0 fully saturated rings. The summed E-state index contributed by atoms with van der Waals surface area (Å²) in [7, 11) is 0. The van der Waals surface area contributed by atoms with Gasteiger partial charge in [0.1, 0.15) is 6.61 Å². The van der Waals surface area contributed by atoms with Crippen molar-refractivity contribution in [2.24, 2.45) is 5.73 Å². The number of hydrogen-bond donors (Lipinski definition) is 4. The number of hydrogen-bond acceptors (Lipinski definition) is 4. The van der Waals surface area contributed by atoms with Gasteiger partial charge in [-0.05, 0) is 24.3 Å². The van der Waals surface area contributed by atoms with E-state index >= 15 is 0 Å². The number of nitrogens with one attached hydrogen (secondary N) is 2. The Morgan fingerprint density at radius 2 is 1.88 bits per heavy atom. The van der Waals surface area contributed by atoms with Gasteiger partial charge in [0, 0.05) is 11.4 Å². The number of urea groups is 1. The number of benzene rings is 1. The van der Waals surface area contributed by atoms with Gasteiger partial charge in [0.15, 0.2) is 0 Å². The standard InChI is InChI=1S/C10H14N4O3/c11-7-1-3-8(4-2-7)14-10(16)13-5-6-17-9(12)15/h1-4H,5-6,11H2,(H2,12,15)(H2,13,14,16). The first-order chi connectivity index (χ1) is 8.08. The van der Waals surface area contributed by atoms with Crippen molar-refractivity contribution >= 4 is 23.5 Å². The third-order valence-electron chi connectivity index (χ3n) is 1.80. The topological polar surface area (TPSA) is 119 Å². The van der Waals surface area contributed by atoms with Gasteiger partial charge in [-0.15, -0.1) is 0 Å². The van der Waals surface area contributed by atoms with Crippen LogP contribution in [-0.2, 0) is 4.74 Å². The summed E-state index contributed by atoms with van der Waals surface area (Å²) in [5.74, 6) is 0. The van der Waals surface area contributed by atoms with E-state index in [1.54, 1.807) is 24.3 Å². The van der Waals surface area contributed by atoms with Crippen LogP contribution in [0.25, 0.3) is 0 Å². The minimum absolute atomic E-state index is 0.0322. The Labute approximate surface area is 98.1 Å². The maximum atomic E-state index is 11.3. The fourth-order valence-corrected chi connectivity index (χ4v) is 1.06. The Kier molecular flexibility index (Phi) is 4.61. The highest BCUT2D eigenvalue weighted by atomic mass is 16.5. The molecule has 0 aliphatic heterocycles. The predicted octanol–water partition coefficient (Wildman–Crippen LogP) is 0.486. The number of nitrogens with two attached hydrogens (primary N) is 2. The fraction of sp³-hybridized carbons (Fsp3) is 0.200. The molecule has 3 amide bonds. The molecule has 0 saturated carbocycles. The van der Waals surface area contributed by atoms with E-state index < -0.39 is 12.1 Å². The average molecular weight is 238 g/mol. The van der Waals surface area contributed by atoms with Gasteiger partial charge in [0.25, 0.3) is 0 Å². The molecule has 1 rings (SSSR count). The monoisotopic (exact) mass is 238 g/mol. The number of amides is 3. The molecule has 0 radical (unpaired) electrons. The molecule has 1 aromatic rings. The predicted molar refractivity (Wildman–Crippen MR) is 63.4 cm³/mol. The number of carbonyl (C=O) groups is 2. The van der Waals surface area contributed by atoms with Crippen LogP contribution in [0.1, 0.15) is 0 Å². The highest BCUT2D eigenvalue weighted by molar-refractivity contribution is 5.89. The van der Waals surface area contributed by atoms with Crippen molar-refractivity contribution in [3.63, 3.8) is 0 Å². The molecule has 0 aromatic heterocycles. The van der Waals surface area contributed by atoms with Gasteiger partial charge >= 0.3 is 12.1 Å². The van der Waals surface area contributed by atoms with Crippen molar-refractivity contribution in [3.8, 4) is 0 Å². The highest BCUT2D eigenvalue weighted by Crippen LogP contribution is 2.09. The maximum absolute atomic E-state index is 11.3. The first kappa shape index (κ1) is 12.6. The van der Waals surface area contributed by atoms with Gasteiger partial charge in [-0.25, -0.2) is 9.59 Å². The molecule has 0 unspecified atom stereocenters. The number of anilines is 2. The summed E-state index contributed by atoms with van der Waals surface area (Å²) in [5, 5.41) is 5.07. The van der Waals surface area contributed by atoms with Crippen LogP contribution in [-0.4, -0.2) is 25.3 Å². The molecule has 0 atom stereocenters. The average Bonchev–Trinajstić information content (AvgIpc) is 2.27. The lowest BCUT2D eigenvalue weighted by Gasteiger charge is -2.07. The smallest absolute Gasteiger partial charge is 0.404 e. The molecular formula is C10H14N4O3. The van der Waals surface area contributed by atoms with Crippen LogP contribution in [0.4, 0.5) is 21.0 Å². The summed E-state index contributed by atoms with van der Waals surface area (Å²) in [6.07, 6.45) is -0.870. The Bertz CT molecular complexity index is 391. The minimum atomic E-state index is -0.870. The van der Waals surface area contributed by atoms with Crippen molar-refractivity contribution in [2.45, 2.75) is 0 Å². The minimum Gasteiger partial charge on any atom is -0.448 e. The van der Waals surface area contributed by atoms with E-state index in [9.17, 15) is 9.59 Å². The number of carbonyl (C=O) groups excluding carboxylic acids is 2. The Morgan fingerprint density at radius 1 is 1.24 bits per heavy atom. The van der Waals surface area contributed by atoms with Crippen molar-refractivity contribution < 1.29 is 14.3 Å². The normalized spacial score (nSPS) is 9.41. The highest BCUT2D eigenvalue weighted by Gasteiger charge is 2.01. The summed E-state index contributed by atoms with van der Waals surface area (Å²) < 4.78 is 4.44. The second-order valence-electron chi connectivity index (χ2n) is 3.17. The molecule has 7 nitrogen and oxygen atoms in total. The SMILES string of the molecule is NC(=O)OCCNC(=O)Nc1ccc(N)cc1. The van der Waals surface area contributed by atoms with Crippen LogP contribution in [0.5, 0.6) is 0 Å². The third kappa shape index (κ3) is 5.26. The lowest BCUT2D eigenvalue weighted by atomic mass is 10.3. The van der Waals surface area contributed by atoms with E-state index in [0.717, 1.165) is 0 Å². The number of nitrogen functional groups attached to an aromatic ring is 1. The summed E-state index contributed by atoms with van der Waals surface area (Å²) in [6, 6.07) is 6.30. The Hall–Kier alpha value is -2.44. The Morgan fingerprint density at radius 3 is 2.47 bits per heavy atom. The molecule has 0 bridgehead atoms. The number of ether oxygens (including phenoxy) is 1. The zero-order valence-electron chi connectivity index (χ0n) is 9.10.